The lowest BCUT2D eigenvalue weighted by Gasteiger charge is -2.36. The van der Waals surface area contributed by atoms with Gasteiger partial charge in [-0.3, -0.25) is 14.0 Å². The Morgan fingerprint density at radius 2 is 1.94 bits per heavy atom. The summed E-state index contributed by atoms with van der Waals surface area (Å²) in [5.74, 6) is 0.0438. The highest BCUT2D eigenvalue weighted by Crippen LogP contribution is 2.24. The molecule has 1 aliphatic heterocycles. The molecule has 8 heteroatoms. The molecule has 2 atom stereocenters. The van der Waals surface area contributed by atoms with E-state index in [2.05, 4.69) is 5.32 Å². The highest BCUT2D eigenvalue weighted by atomic mass is 16.5. The summed E-state index contributed by atoms with van der Waals surface area (Å²) in [6, 6.07) is 5.77. The number of hydrogen-bond acceptors (Lipinski definition) is 6. The zero-order chi connectivity index (χ0) is 23.5. The highest BCUT2D eigenvalue weighted by molar-refractivity contribution is 6.02. The number of hydrogen-bond donors (Lipinski definition) is 1. The van der Waals surface area contributed by atoms with E-state index < -0.39 is 5.91 Å². The van der Waals surface area contributed by atoms with Gasteiger partial charge in [-0.2, -0.15) is 5.26 Å². The molecule has 2 fully saturated rings. The number of amides is 1. The monoisotopic (exact) mass is 449 g/mol. The van der Waals surface area contributed by atoms with Gasteiger partial charge in [-0.05, 0) is 51.3 Å². The minimum Gasteiger partial charge on any atom is -0.372 e. The number of nitrogens with zero attached hydrogens (tertiary/aromatic N) is 4. The fourth-order valence-electron chi connectivity index (χ4n) is 4.82. The van der Waals surface area contributed by atoms with Crippen molar-refractivity contribution < 1.29 is 9.53 Å². The molecule has 1 aliphatic carbocycles. The minimum absolute atomic E-state index is 0.0345. The third-order valence-electron chi connectivity index (χ3n) is 6.38. The molecule has 0 aromatic carbocycles. The molecule has 4 rings (SSSR count). The molecule has 1 amide bonds. The van der Waals surface area contributed by atoms with Crippen LogP contribution in [0.5, 0.6) is 0 Å². The van der Waals surface area contributed by atoms with Gasteiger partial charge >= 0.3 is 0 Å². The fraction of sp³-hybridized carbons (Fsp3) is 0.520. The molecular formula is C25H31N5O3. The van der Waals surface area contributed by atoms with Crippen LogP contribution in [0.3, 0.4) is 0 Å². The second kappa shape index (κ2) is 9.75. The van der Waals surface area contributed by atoms with Crippen molar-refractivity contribution >= 4 is 23.4 Å². The molecule has 1 N–H and O–H groups in total. The molecule has 1 saturated carbocycles. The summed E-state index contributed by atoms with van der Waals surface area (Å²) in [4.78, 5) is 33.3. The number of aromatic nitrogens is 2. The molecule has 33 heavy (non-hydrogen) atoms. The first-order chi connectivity index (χ1) is 15.9. The summed E-state index contributed by atoms with van der Waals surface area (Å²) in [5, 5.41) is 12.8. The lowest BCUT2D eigenvalue weighted by atomic mass is 9.95. The fourth-order valence-corrected chi connectivity index (χ4v) is 4.82. The second-order valence-corrected chi connectivity index (χ2v) is 9.18. The summed E-state index contributed by atoms with van der Waals surface area (Å²) >= 11 is 0. The average Bonchev–Trinajstić information content (AvgIpc) is 2.79. The van der Waals surface area contributed by atoms with E-state index in [4.69, 9.17) is 9.72 Å². The van der Waals surface area contributed by atoms with Crippen LogP contribution >= 0.6 is 0 Å². The Morgan fingerprint density at radius 3 is 2.61 bits per heavy atom. The Balaban J connectivity index is 1.80. The third kappa shape index (κ3) is 4.93. The van der Waals surface area contributed by atoms with E-state index in [1.807, 2.05) is 37.8 Å². The van der Waals surface area contributed by atoms with Crippen LogP contribution in [0.1, 0.15) is 57.1 Å². The molecule has 0 bridgehead atoms. The van der Waals surface area contributed by atoms with E-state index in [-0.39, 0.29) is 34.9 Å². The van der Waals surface area contributed by atoms with Gasteiger partial charge in [-0.25, -0.2) is 4.98 Å². The van der Waals surface area contributed by atoms with Crippen LogP contribution < -0.4 is 15.8 Å². The number of anilines is 1. The number of carbonyl (C=O) groups excluding carboxylic acids is 1. The van der Waals surface area contributed by atoms with Crippen LogP contribution in [0.2, 0.25) is 0 Å². The number of carbonyl (C=O) groups is 1. The number of pyridine rings is 1. The van der Waals surface area contributed by atoms with Gasteiger partial charge in [0.15, 0.2) is 0 Å². The Kier molecular flexibility index (Phi) is 6.80. The van der Waals surface area contributed by atoms with Crippen molar-refractivity contribution in [3.63, 3.8) is 0 Å². The van der Waals surface area contributed by atoms with Crippen LogP contribution in [-0.4, -0.2) is 46.6 Å². The third-order valence-corrected chi connectivity index (χ3v) is 6.38. The predicted molar refractivity (Wildman–Crippen MR) is 127 cm³/mol. The highest BCUT2D eigenvalue weighted by Gasteiger charge is 2.27. The van der Waals surface area contributed by atoms with Crippen molar-refractivity contribution in [1.29, 1.82) is 5.26 Å². The van der Waals surface area contributed by atoms with E-state index in [9.17, 15) is 14.9 Å². The van der Waals surface area contributed by atoms with Gasteiger partial charge in [0.2, 0.25) is 0 Å². The Labute approximate surface area is 193 Å². The normalized spacial score (nSPS) is 22.2. The molecule has 2 aliphatic rings. The van der Waals surface area contributed by atoms with E-state index >= 15 is 0 Å². The van der Waals surface area contributed by atoms with Gasteiger partial charge in [-0.1, -0.05) is 25.3 Å². The first kappa shape index (κ1) is 23.0. The van der Waals surface area contributed by atoms with E-state index in [1.54, 1.807) is 12.3 Å². The van der Waals surface area contributed by atoms with Gasteiger partial charge in [0, 0.05) is 25.3 Å². The van der Waals surface area contributed by atoms with E-state index in [0.717, 1.165) is 31.2 Å². The van der Waals surface area contributed by atoms with Crippen LogP contribution in [0.25, 0.3) is 11.7 Å². The number of morpholine rings is 1. The molecule has 2 aromatic heterocycles. The van der Waals surface area contributed by atoms with Crippen molar-refractivity contribution in [3.05, 3.63) is 45.4 Å². The molecule has 0 unspecified atom stereocenters. The zero-order valence-electron chi connectivity index (χ0n) is 19.5. The summed E-state index contributed by atoms with van der Waals surface area (Å²) < 4.78 is 7.34. The number of fused-ring (bicyclic) bond motifs is 1. The van der Waals surface area contributed by atoms with Crippen molar-refractivity contribution in [2.75, 3.05) is 18.0 Å². The minimum atomic E-state index is -0.437. The first-order valence-corrected chi connectivity index (χ1v) is 11.7. The second-order valence-electron chi connectivity index (χ2n) is 9.18. The van der Waals surface area contributed by atoms with Crippen LogP contribution in [0.15, 0.2) is 28.7 Å². The molecule has 0 spiro atoms. The zero-order valence-corrected chi connectivity index (χ0v) is 19.5. The van der Waals surface area contributed by atoms with Gasteiger partial charge < -0.3 is 15.0 Å². The molecule has 2 aromatic rings. The van der Waals surface area contributed by atoms with Crippen molar-refractivity contribution in [2.24, 2.45) is 0 Å². The smallest absolute Gasteiger partial charge is 0.267 e. The van der Waals surface area contributed by atoms with Gasteiger partial charge in [0.25, 0.3) is 11.5 Å². The van der Waals surface area contributed by atoms with Gasteiger partial charge in [0.1, 0.15) is 23.1 Å². The number of ether oxygens (including phenoxy) is 1. The molecule has 1 saturated heterocycles. The maximum atomic E-state index is 13.6. The maximum Gasteiger partial charge on any atom is 0.267 e. The molecule has 3 heterocycles. The van der Waals surface area contributed by atoms with Crippen molar-refractivity contribution in [3.8, 4) is 6.07 Å². The Bertz CT molecular complexity index is 1160. The average molecular weight is 450 g/mol. The topological polar surface area (TPSA) is 99.7 Å². The Hall–Kier alpha value is -3.18. The molecule has 0 radical (unpaired) electrons. The quantitative estimate of drug-likeness (QED) is 0.569. The SMILES string of the molecule is Cc1cccn2c(=O)c(/C=C(\C#N)C(=O)NC3CCCCC3)c(N3C[C@H](C)O[C@@H](C)C3)nc12. The van der Waals surface area contributed by atoms with Crippen LogP contribution in [-0.2, 0) is 9.53 Å². The number of nitrogens with one attached hydrogen (secondary N) is 1. The predicted octanol–water partition coefficient (Wildman–Crippen LogP) is 2.97. The van der Waals surface area contributed by atoms with Crippen LogP contribution in [0, 0.1) is 18.3 Å². The number of rotatable bonds is 4. The molecule has 8 nitrogen and oxygen atoms in total. The molecule has 174 valence electrons. The van der Waals surface area contributed by atoms with E-state index in [0.29, 0.717) is 24.6 Å². The largest absolute Gasteiger partial charge is 0.372 e. The lowest BCUT2D eigenvalue weighted by molar-refractivity contribution is -0.117. The summed E-state index contributed by atoms with van der Waals surface area (Å²) in [5.41, 5.74) is 1.30. The van der Waals surface area contributed by atoms with Gasteiger partial charge in [0.05, 0.1) is 17.8 Å². The van der Waals surface area contributed by atoms with E-state index in [1.165, 1.54) is 16.9 Å². The maximum absolute atomic E-state index is 13.6. The number of nitriles is 1. The first-order valence-electron chi connectivity index (χ1n) is 11.7. The number of aryl methyl sites for hydroxylation is 1. The standard InChI is InChI=1S/C25H31N5O3/c1-16-8-7-11-30-22(16)28-23(29-14-17(2)33-18(3)15-29)21(25(30)32)12-19(13-26)24(31)27-20-9-5-4-6-10-20/h7-8,11-12,17-18,20H,4-6,9-10,14-15H2,1-3H3,(H,27,31)/b19-12+/t17-,18-/m0/s1. The lowest BCUT2D eigenvalue weighted by Crippen LogP contribution is -2.46. The Morgan fingerprint density at radius 1 is 1.24 bits per heavy atom. The summed E-state index contributed by atoms with van der Waals surface area (Å²) in [6.45, 7) is 7.00. The van der Waals surface area contributed by atoms with Gasteiger partial charge in [-0.15, -0.1) is 0 Å². The van der Waals surface area contributed by atoms with Crippen LogP contribution in [0.4, 0.5) is 5.82 Å². The summed E-state index contributed by atoms with van der Waals surface area (Å²) in [7, 11) is 0. The summed E-state index contributed by atoms with van der Waals surface area (Å²) in [6.07, 6.45) is 8.15. The van der Waals surface area contributed by atoms with Crippen molar-refractivity contribution in [1.82, 2.24) is 14.7 Å². The van der Waals surface area contributed by atoms with Crippen molar-refractivity contribution in [2.45, 2.75) is 71.1 Å². The molecular weight excluding hydrogens is 418 g/mol.